The number of nitrogens with one attached hydrogen (secondary N) is 1. The number of benzene rings is 2. The van der Waals surface area contributed by atoms with E-state index in [1.807, 2.05) is 13.0 Å². The van der Waals surface area contributed by atoms with Crippen molar-refractivity contribution in [3.8, 4) is 0 Å². The number of halogens is 1. The van der Waals surface area contributed by atoms with Crippen LogP contribution in [0.15, 0.2) is 51.8 Å². The van der Waals surface area contributed by atoms with E-state index in [1.165, 1.54) is 12.1 Å². The maximum absolute atomic E-state index is 12.3. The highest BCUT2D eigenvalue weighted by atomic mass is 79.9. The molecule has 0 aliphatic rings. The van der Waals surface area contributed by atoms with E-state index in [2.05, 4.69) is 20.7 Å². The molecule has 0 atom stereocenters. The fourth-order valence-electron chi connectivity index (χ4n) is 1.72. The molecule has 6 heteroatoms. The van der Waals surface area contributed by atoms with Gasteiger partial charge in [0.1, 0.15) is 0 Å². The molecule has 20 heavy (non-hydrogen) atoms. The zero-order valence-electron chi connectivity index (χ0n) is 10.8. The SMILES string of the molecule is Cc1cc(Br)ccc1NS(=O)(=O)c1ccc(CO)cc1. The van der Waals surface area contributed by atoms with Crippen LogP contribution in [0, 0.1) is 6.92 Å². The van der Waals surface area contributed by atoms with Crippen molar-refractivity contribution in [2.75, 3.05) is 4.72 Å². The number of hydrogen-bond donors (Lipinski definition) is 2. The molecule has 0 spiro atoms. The van der Waals surface area contributed by atoms with Crippen LogP contribution in [-0.2, 0) is 16.6 Å². The fourth-order valence-corrected chi connectivity index (χ4v) is 3.33. The van der Waals surface area contributed by atoms with Gasteiger partial charge in [0.05, 0.1) is 17.2 Å². The molecule has 2 rings (SSSR count). The maximum Gasteiger partial charge on any atom is 0.261 e. The number of rotatable bonds is 4. The topological polar surface area (TPSA) is 66.4 Å². The first-order valence-corrected chi connectivity index (χ1v) is 8.19. The Hall–Kier alpha value is -1.37. The zero-order chi connectivity index (χ0) is 14.8. The van der Waals surface area contributed by atoms with E-state index < -0.39 is 10.0 Å². The molecule has 0 aromatic heterocycles. The van der Waals surface area contributed by atoms with Gasteiger partial charge in [-0.3, -0.25) is 4.72 Å². The molecule has 2 N–H and O–H groups in total. The third kappa shape index (κ3) is 3.39. The predicted octanol–water partition coefficient (Wildman–Crippen LogP) is 3.05. The third-order valence-electron chi connectivity index (χ3n) is 2.85. The molecule has 0 aliphatic heterocycles. The minimum atomic E-state index is -3.62. The van der Waals surface area contributed by atoms with Crippen molar-refractivity contribution in [3.05, 3.63) is 58.1 Å². The summed E-state index contributed by atoms with van der Waals surface area (Å²) in [6.07, 6.45) is 0. The van der Waals surface area contributed by atoms with Gasteiger partial charge in [0.2, 0.25) is 0 Å². The van der Waals surface area contributed by atoms with Crippen molar-refractivity contribution >= 4 is 31.6 Å². The van der Waals surface area contributed by atoms with Crippen LogP contribution in [0.2, 0.25) is 0 Å². The van der Waals surface area contributed by atoms with Gasteiger partial charge in [-0.1, -0.05) is 28.1 Å². The lowest BCUT2D eigenvalue weighted by molar-refractivity contribution is 0.282. The molecule has 0 amide bonds. The van der Waals surface area contributed by atoms with Crippen molar-refractivity contribution in [3.63, 3.8) is 0 Å². The predicted molar refractivity (Wildman–Crippen MR) is 82.1 cm³/mol. The maximum atomic E-state index is 12.3. The Kier molecular flexibility index (Phi) is 4.47. The van der Waals surface area contributed by atoms with Gasteiger partial charge in [-0.05, 0) is 48.4 Å². The molecule has 0 saturated heterocycles. The largest absolute Gasteiger partial charge is 0.392 e. The zero-order valence-corrected chi connectivity index (χ0v) is 13.2. The number of aliphatic hydroxyl groups is 1. The summed E-state index contributed by atoms with van der Waals surface area (Å²) in [5.74, 6) is 0. The average Bonchev–Trinajstić information content (AvgIpc) is 2.42. The second kappa shape index (κ2) is 5.95. The molecule has 0 fully saturated rings. The highest BCUT2D eigenvalue weighted by molar-refractivity contribution is 9.10. The number of sulfonamides is 1. The van der Waals surface area contributed by atoms with Crippen molar-refractivity contribution in [1.29, 1.82) is 0 Å². The smallest absolute Gasteiger partial charge is 0.261 e. The molecule has 2 aromatic carbocycles. The first-order chi connectivity index (χ1) is 9.42. The summed E-state index contributed by atoms with van der Waals surface area (Å²) in [6, 6.07) is 11.4. The number of anilines is 1. The molecular formula is C14H14BrNO3S. The normalized spacial score (nSPS) is 11.3. The number of hydrogen-bond acceptors (Lipinski definition) is 3. The van der Waals surface area contributed by atoms with E-state index in [0.29, 0.717) is 11.3 Å². The van der Waals surface area contributed by atoms with Gasteiger partial charge in [-0.25, -0.2) is 8.42 Å². The quantitative estimate of drug-likeness (QED) is 0.885. The summed E-state index contributed by atoms with van der Waals surface area (Å²) in [5, 5.41) is 8.96. The number of aryl methyl sites for hydroxylation is 1. The Labute approximate surface area is 126 Å². The average molecular weight is 356 g/mol. The monoisotopic (exact) mass is 355 g/mol. The molecule has 0 saturated carbocycles. The van der Waals surface area contributed by atoms with Gasteiger partial charge >= 0.3 is 0 Å². The van der Waals surface area contributed by atoms with Crippen LogP contribution >= 0.6 is 15.9 Å². The minimum Gasteiger partial charge on any atom is -0.392 e. The van der Waals surface area contributed by atoms with Gasteiger partial charge < -0.3 is 5.11 Å². The van der Waals surface area contributed by atoms with Crippen molar-refractivity contribution in [2.24, 2.45) is 0 Å². The van der Waals surface area contributed by atoms with E-state index in [1.54, 1.807) is 24.3 Å². The summed E-state index contributed by atoms with van der Waals surface area (Å²) in [5.41, 5.74) is 2.04. The van der Waals surface area contributed by atoms with Gasteiger partial charge in [0, 0.05) is 4.47 Å². The van der Waals surface area contributed by atoms with Gasteiger partial charge in [-0.15, -0.1) is 0 Å². The van der Waals surface area contributed by atoms with Crippen LogP contribution in [0.3, 0.4) is 0 Å². The van der Waals surface area contributed by atoms with Crippen LogP contribution < -0.4 is 4.72 Å². The number of aliphatic hydroxyl groups excluding tert-OH is 1. The van der Waals surface area contributed by atoms with Crippen LogP contribution in [-0.4, -0.2) is 13.5 Å². The van der Waals surface area contributed by atoms with Crippen molar-refractivity contribution in [2.45, 2.75) is 18.4 Å². The first-order valence-electron chi connectivity index (χ1n) is 5.91. The Morgan fingerprint density at radius 3 is 2.35 bits per heavy atom. The van der Waals surface area contributed by atoms with E-state index in [-0.39, 0.29) is 11.5 Å². The molecule has 0 radical (unpaired) electrons. The summed E-state index contributed by atoms with van der Waals surface area (Å²) < 4.78 is 28.0. The van der Waals surface area contributed by atoms with Crippen LogP contribution in [0.1, 0.15) is 11.1 Å². The lowest BCUT2D eigenvalue weighted by Gasteiger charge is -2.11. The Morgan fingerprint density at radius 1 is 1.15 bits per heavy atom. The Morgan fingerprint density at radius 2 is 1.80 bits per heavy atom. The Bertz CT molecular complexity index is 712. The van der Waals surface area contributed by atoms with Crippen molar-refractivity contribution in [1.82, 2.24) is 0 Å². The lowest BCUT2D eigenvalue weighted by Crippen LogP contribution is -2.13. The molecule has 0 bridgehead atoms. The fraction of sp³-hybridized carbons (Fsp3) is 0.143. The summed E-state index contributed by atoms with van der Waals surface area (Å²) in [4.78, 5) is 0.164. The van der Waals surface area contributed by atoms with Crippen LogP contribution in [0.4, 0.5) is 5.69 Å². The summed E-state index contributed by atoms with van der Waals surface area (Å²) in [6.45, 7) is 1.72. The second-order valence-electron chi connectivity index (χ2n) is 4.37. The molecule has 106 valence electrons. The third-order valence-corrected chi connectivity index (χ3v) is 4.72. The highest BCUT2D eigenvalue weighted by Crippen LogP contribution is 2.23. The molecule has 0 heterocycles. The van der Waals surface area contributed by atoms with Crippen LogP contribution in [0.25, 0.3) is 0 Å². The minimum absolute atomic E-state index is 0.112. The van der Waals surface area contributed by atoms with E-state index in [9.17, 15) is 8.42 Å². The molecule has 0 aliphatic carbocycles. The Balaban J connectivity index is 2.30. The molecule has 2 aromatic rings. The first kappa shape index (κ1) is 15.0. The molecule has 0 unspecified atom stereocenters. The second-order valence-corrected chi connectivity index (χ2v) is 6.96. The lowest BCUT2D eigenvalue weighted by atomic mass is 10.2. The van der Waals surface area contributed by atoms with Gasteiger partial charge in [0.15, 0.2) is 0 Å². The summed E-state index contributed by atoms with van der Waals surface area (Å²) >= 11 is 3.34. The van der Waals surface area contributed by atoms with Gasteiger partial charge in [0.25, 0.3) is 10.0 Å². The van der Waals surface area contributed by atoms with E-state index in [0.717, 1.165) is 10.0 Å². The van der Waals surface area contributed by atoms with Crippen LogP contribution in [0.5, 0.6) is 0 Å². The molecule has 4 nitrogen and oxygen atoms in total. The van der Waals surface area contributed by atoms with Gasteiger partial charge in [-0.2, -0.15) is 0 Å². The van der Waals surface area contributed by atoms with E-state index in [4.69, 9.17) is 5.11 Å². The van der Waals surface area contributed by atoms with Crippen molar-refractivity contribution < 1.29 is 13.5 Å². The summed E-state index contributed by atoms with van der Waals surface area (Å²) in [7, 11) is -3.62. The van der Waals surface area contributed by atoms with E-state index >= 15 is 0 Å². The highest BCUT2D eigenvalue weighted by Gasteiger charge is 2.15. The molecular weight excluding hydrogens is 342 g/mol. The standard InChI is InChI=1S/C14H14BrNO3S/c1-10-8-12(15)4-7-14(10)16-20(18,19)13-5-2-11(9-17)3-6-13/h2-8,16-17H,9H2,1H3.